The van der Waals surface area contributed by atoms with Crippen molar-refractivity contribution in [3.63, 3.8) is 0 Å². The third kappa shape index (κ3) is 4.75. The van der Waals surface area contributed by atoms with Crippen molar-refractivity contribution in [3.05, 3.63) is 71.0 Å². The number of aromatic nitrogens is 2. The van der Waals surface area contributed by atoms with Gasteiger partial charge < -0.3 is 33.8 Å². The molecule has 1 unspecified atom stereocenters. The highest BCUT2D eigenvalue weighted by atomic mass is 16.4. The van der Waals surface area contributed by atoms with Crippen LogP contribution in [0.2, 0.25) is 0 Å². The van der Waals surface area contributed by atoms with Gasteiger partial charge in [-0.05, 0) is 82.3 Å². The van der Waals surface area contributed by atoms with E-state index in [0.29, 0.717) is 25.4 Å². The fraction of sp³-hybridized carbons (Fsp3) is 0.565. The largest absolute Gasteiger partial charge is 0.481 e. The van der Waals surface area contributed by atoms with Crippen LogP contribution in [0.25, 0.3) is 21.8 Å². The molecule has 2 saturated carbocycles. The maximum Gasteiger partial charge on any atom is 0.307 e. The molecule has 57 heavy (non-hydrogen) atoms. The summed E-state index contributed by atoms with van der Waals surface area (Å²) in [6, 6.07) is 17.4. The summed E-state index contributed by atoms with van der Waals surface area (Å²) in [6.45, 7) is 13.3. The van der Waals surface area contributed by atoms with Crippen LogP contribution in [0.1, 0.15) is 68.5 Å². The van der Waals surface area contributed by atoms with E-state index in [1.54, 1.807) is 0 Å². The number of hydrogen-bond donors (Lipinski definition) is 1. The van der Waals surface area contributed by atoms with Gasteiger partial charge in [0, 0.05) is 109 Å². The van der Waals surface area contributed by atoms with E-state index in [1.165, 1.54) is 44.3 Å². The Morgan fingerprint density at radius 2 is 1.18 bits per heavy atom. The number of fused-ring (bicyclic) bond motifs is 6. The molecule has 1 N–H and O–H groups in total. The third-order valence-electron chi connectivity index (χ3n) is 16.1. The molecule has 11 rings (SSSR count). The van der Waals surface area contributed by atoms with Crippen molar-refractivity contribution in [2.75, 3.05) is 40.3 Å². The van der Waals surface area contributed by atoms with Gasteiger partial charge >= 0.3 is 5.97 Å². The third-order valence-corrected chi connectivity index (χ3v) is 16.1. The smallest absolute Gasteiger partial charge is 0.307 e. The van der Waals surface area contributed by atoms with E-state index >= 15 is 0 Å². The Morgan fingerprint density at radius 3 is 1.65 bits per heavy atom. The lowest BCUT2D eigenvalue weighted by Crippen LogP contribution is -2.52. The van der Waals surface area contributed by atoms with Crippen LogP contribution in [0, 0.1) is 49.4 Å². The molecule has 2 aliphatic carbocycles. The van der Waals surface area contributed by atoms with Crippen molar-refractivity contribution in [1.29, 1.82) is 0 Å². The summed E-state index contributed by atoms with van der Waals surface area (Å²) in [5.74, 6) is -0.353. The van der Waals surface area contributed by atoms with Crippen molar-refractivity contribution in [2.24, 2.45) is 35.5 Å². The van der Waals surface area contributed by atoms with Crippen molar-refractivity contribution < 1.29 is 24.3 Å². The van der Waals surface area contributed by atoms with E-state index in [0.717, 1.165) is 52.0 Å². The number of likely N-dealkylation sites (tertiary alicyclic amines) is 1. The predicted octanol–water partition coefficient (Wildman–Crippen LogP) is 5.57. The molecule has 0 radical (unpaired) electrons. The molecule has 2 aromatic heterocycles. The summed E-state index contributed by atoms with van der Waals surface area (Å²) in [5.41, 5.74) is 6.68. The topological polar surface area (TPSA) is 111 Å². The Bertz CT molecular complexity index is 2380. The van der Waals surface area contributed by atoms with Crippen LogP contribution in [0.5, 0.6) is 0 Å². The molecule has 11 heteroatoms. The summed E-state index contributed by atoms with van der Waals surface area (Å²) < 4.78 is 4.81. The Kier molecular flexibility index (Phi) is 8.16. The normalized spacial score (nSPS) is 33.7. The lowest BCUT2D eigenvalue weighted by atomic mass is 9.78. The molecule has 4 aromatic rings. The number of rotatable bonds is 3. The van der Waals surface area contributed by atoms with Crippen molar-refractivity contribution in [2.45, 2.75) is 90.0 Å². The molecular formula is C46H56N6O5. The zero-order valence-electron chi connectivity index (χ0n) is 34.2. The number of carbonyl (C=O) groups excluding carboxylic acids is 3. The van der Waals surface area contributed by atoms with E-state index < -0.39 is 17.4 Å². The molecule has 7 aliphatic rings. The van der Waals surface area contributed by atoms with E-state index in [4.69, 9.17) is 0 Å². The van der Waals surface area contributed by atoms with E-state index in [2.05, 4.69) is 95.1 Å². The highest BCUT2D eigenvalue weighted by molar-refractivity contribution is 5.91. The first-order valence-corrected chi connectivity index (χ1v) is 21.3. The van der Waals surface area contributed by atoms with Crippen molar-refractivity contribution >= 4 is 45.5 Å². The number of para-hydroxylation sites is 2. The second-order valence-corrected chi connectivity index (χ2v) is 18.8. The predicted molar refractivity (Wildman–Crippen MR) is 217 cm³/mol. The molecule has 9 atom stereocenters. The standard InChI is InChI=1S/C26H34N4O2.C20H22N2O3/c1-16-14-26-20(23(16)25(32)28-10-9-18(15-28)27(3)4)13-22(31)30(26)12-11-29-21-8-6-5-7-19(21)17(2)24(26)29;1-11-10-20-14(17(11)19(24)25)9-16(23)22(20)8-7-21-15-6-4-3-5-13(15)12(2)18(20)21/h5-8,16,18,20,23H,9-15H2,1-4H3;3-6,11,14,17H,7-10H2,1-2H3,(H,24,25)/t16-,18?,20-,23+,26+;11-,14-,17+,20+/m00/s1. The van der Waals surface area contributed by atoms with Gasteiger partial charge in [-0.15, -0.1) is 0 Å². The summed E-state index contributed by atoms with van der Waals surface area (Å²) in [4.78, 5) is 60.4. The number of aliphatic carboxylic acids is 1. The summed E-state index contributed by atoms with van der Waals surface area (Å²) in [5, 5.41) is 12.3. The van der Waals surface area contributed by atoms with Gasteiger partial charge in [0.2, 0.25) is 17.7 Å². The Labute approximate surface area is 334 Å². The van der Waals surface area contributed by atoms with E-state index in [1.807, 2.05) is 24.0 Å². The van der Waals surface area contributed by atoms with Gasteiger partial charge in [-0.2, -0.15) is 0 Å². The summed E-state index contributed by atoms with van der Waals surface area (Å²) in [7, 11) is 4.20. The van der Waals surface area contributed by atoms with E-state index in [-0.39, 0.29) is 52.8 Å². The summed E-state index contributed by atoms with van der Waals surface area (Å²) >= 11 is 0. The zero-order chi connectivity index (χ0) is 39.9. The molecule has 300 valence electrons. The number of likely N-dealkylation sites (N-methyl/N-ethyl adjacent to an activating group) is 1. The minimum Gasteiger partial charge on any atom is -0.481 e. The minimum atomic E-state index is -0.755. The molecular weight excluding hydrogens is 717 g/mol. The highest BCUT2D eigenvalue weighted by Gasteiger charge is 2.68. The first-order valence-electron chi connectivity index (χ1n) is 21.3. The Hall–Kier alpha value is -4.64. The second kappa shape index (κ2) is 12.7. The summed E-state index contributed by atoms with van der Waals surface area (Å²) in [6.07, 6.45) is 3.54. The van der Waals surface area contributed by atoms with Gasteiger partial charge in [0.05, 0.1) is 17.0 Å². The van der Waals surface area contributed by atoms with Crippen LogP contribution in [-0.4, -0.2) is 104 Å². The average Bonchev–Trinajstić information content (AvgIpc) is 4.03. The van der Waals surface area contributed by atoms with Crippen LogP contribution < -0.4 is 0 Å². The second-order valence-electron chi connectivity index (χ2n) is 18.8. The lowest BCUT2D eigenvalue weighted by molar-refractivity contribution is -0.144. The number of carbonyl (C=O) groups is 4. The van der Waals surface area contributed by atoms with Gasteiger partial charge in [-0.3, -0.25) is 19.2 Å². The molecule has 2 aromatic carbocycles. The molecule has 11 nitrogen and oxygen atoms in total. The number of carboxylic acid groups (broad SMARTS) is 1. The number of carboxylic acids is 1. The average molecular weight is 773 g/mol. The molecule has 5 fully saturated rings. The Balaban J connectivity index is 0.000000143. The Morgan fingerprint density at radius 1 is 0.702 bits per heavy atom. The number of amides is 3. The van der Waals surface area contributed by atoms with Gasteiger partial charge in [0.25, 0.3) is 0 Å². The fourth-order valence-corrected chi connectivity index (χ4v) is 14.0. The van der Waals surface area contributed by atoms with Crippen LogP contribution in [0.15, 0.2) is 48.5 Å². The maximum absolute atomic E-state index is 13.9. The van der Waals surface area contributed by atoms with Crippen molar-refractivity contribution in [3.8, 4) is 0 Å². The number of benzene rings is 2. The van der Waals surface area contributed by atoms with Gasteiger partial charge in [0.1, 0.15) is 0 Å². The number of aryl methyl sites for hydroxylation is 2. The van der Waals surface area contributed by atoms with Crippen LogP contribution in [0.3, 0.4) is 0 Å². The molecule has 3 saturated heterocycles. The van der Waals surface area contributed by atoms with Crippen LogP contribution in [0.4, 0.5) is 0 Å². The highest BCUT2D eigenvalue weighted by Crippen LogP contribution is 2.63. The number of nitrogens with zero attached hydrogens (tertiary/aromatic N) is 6. The quantitative estimate of drug-likeness (QED) is 0.292. The van der Waals surface area contributed by atoms with Gasteiger partial charge in [-0.25, -0.2) is 0 Å². The first kappa shape index (κ1) is 36.7. The lowest BCUT2D eigenvalue weighted by Gasteiger charge is -2.44. The first-order chi connectivity index (χ1) is 27.3. The fourth-order valence-electron chi connectivity index (χ4n) is 14.0. The maximum atomic E-state index is 13.9. The van der Waals surface area contributed by atoms with E-state index in [9.17, 15) is 24.3 Å². The molecule has 3 amide bonds. The molecule has 0 bridgehead atoms. The van der Waals surface area contributed by atoms with Gasteiger partial charge in [0.15, 0.2) is 0 Å². The number of hydrogen-bond acceptors (Lipinski definition) is 5. The molecule has 7 heterocycles. The molecule has 5 aliphatic heterocycles. The van der Waals surface area contributed by atoms with Crippen LogP contribution in [-0.2, 0) is 43.3 Å². The minimum absolute atomic E-state index is 0.0676. The van der Waals surface area contributed by atoms with Crippen molar-refractivity contribution in [1.82, 2.24) is 28.7 Å². The monoisotopic (exact) mass is 772 g/mol. The molecule has 2 spiro atoms. The van der Waals surface area contributed by atoms with Gasteiger partial charge in [-0.1, -0.05) is 50.2 Å². The van der Waals surface area contributed by atoms with Crippen LogP contribution >= 0.6 is 0 Å². The SMILES string of the molecule is Cc1c2n(c3ccccc13)CCN1C(=O)C[C@H]3[C@H](C(=O)N4CCC(N(C)C)C4)[C@@H](C)C[C@]231.Cc1c2n(c3ccccc13)CCN1C(=O)C[C@H]3[C@H](C(=O)O)[C@@H](C)C[C@]231. The zero-order valence-corrected chi connectivity index (χ0v) is 34.2.